The van der Waals surface area contributed by atoms with E-state index in [4.69, 9.17) is 5.11 Å². The van der Waals surface area contributed by atoms with Gasteiger partial charge in [0.05, 0.1) is 0 Å². The van der Waals surface area contributed by atoms with Crippen molar-refractivity contribution in [2.24, 2.45) is 5.92 Å². The number of carbonyl (C=O) groups is 2. The van der Waals surface area contributed by atoms with Crippen molar-refractivity contribution < 1.29 is 14.7 Å². The summed E-state index contributed by atoms with van der Waals surface area (Å²) in [6.07, 6.45) is 2.90. The van der Waals surface area contributed by atoms with E-state index in [-0.39, 0.29) is 6.42 Å². The van der Waals surface area contributed by atoms with Crippen LogP contribution >= 0.6 is 0 Å². The summed E-state index contributed by atoms with van der Waals surface area (Å²) in [6.45, 7) is 4.19. The predicted molar refractivity (Wildman–Crippen MR) is 45.9 cm³/mol. The van der Waals surface area contributed by atoms with E-state index in [9.17, 15) is 9.59 Å². The topological polar surface area (TPSA) is 54.4 Å². The van der Waals surface area contributed by atoms with Crippen molar-refractivity contribution in [3.8, 4) is 0 Å². The smallest absolute Gasteiger partial charge is 0.372 e. The Bertz CT molecular complexity index is 163. The van der Waals surface area contributed by atoms with Gasteiger partial charge in [-0.25, -0.2) is 4.79 Å². The molecular weight excluding hydrogens is 156 g/mol. The molecule has 0 saturated carbocycles. The molecule has 0 radical (unpaired) electrons. The zero-order valence-electron chi connectivity index (χ0n) is 7.67. The SMILES string of the molecule is CCC(C)CCCC(=O)C(=O)O. The molecule has 1 atom stereocenters. The third-order valence-corrected chi connectivity index (χ3v) is 2.04. The number of ketones is 1. The molecule has 0 aromatic carbocycles. The minimum absolute atomic E-state index is 0.180. The van der Waals surface area contributed by atoms with Gasteiger partial charge in [-0.15, -0.1) is 0 Å². The molecule has 0 spiro atoms. The Morgan fingerprint density at radius 3 is 2.42 bits per heavy atom. The zero-order valence-corrected chi connectivity index (χ0v) is 7.67. The van der Waals surface area contributed by atoms with E-state index in [1.54, 1.807) is 0 Å². The van der Waals surface area contributed by atoms with Gasteiger partial charge in [-0.05, 0) is 12.3 Å². The molecule has 0 heterocycles. The molecule has 0 aromatic rings. The summed E-state index contributed by atoms with van der Waals surface area (Å²) in [5, 5.41) is 8.25. The lowest BCUT2D eigenvalue weighted by Crippen LogP contribution is -2.12. The van der Waals surface area contributed by atoms with Gasteiger partial charge >= 0.3 is 5.97 Å². The van der Waals surface area contributed by atoms with E-state index < -0.39 is 11.8 Å². The summed E-state index contributed by atoms with van der Waals surface area (Å²) in [5.74, 6) is -1.39. The van der Waals surface area contributed by atoms with Crippen LogP contribution in [0.1, 0.15) is 39.5 Å². The second-order valence-corrected chi connectivity index (χ2v) is 3.13. The number of carboxylic acids is 1. The molecular formula is C9H16O3. The molecule has 0 bridgehead atoms. The molecule has 3 nitrogen and oxygen atoms in total. The highest BCUT2D eigenvalue weighted by atomic mass is 16.4. The second-order valence-electron chi connectivity index (χ2n) is 3.13. The number of hydrogen-bond acceptors (Lipinski definition) is 2. The van der Waals surface area contributed by atoms with Crippen molar-refractivity contribution in [3.05, 3.63) is 0 Å². The molecule has 1 unspecified atom stereocenters. The Morgan fingerprint density at radius 1 is 1.42 bits per heavy atom. The number of carbonyl (C=O) groups excluding carboxylic acids is 1. The zero-order chi connectivity index (χ0) is 9.56. The molecule has 0 aliphatic heterocycles. The Kier molecular flexibility index (Phi) is 5.34. The predicted octanol–water partition coefficient (Wildman–Crippen LogP) is 1.86. The Labute approximate surface area is 72.8 Å². The number of carboxylic acid groups (broad SMARTS) is 1. The molecule has 0 aliphatic rings. The average Bonchev–Trinajstić information content (AvgIpc) is 2.03. The van der Waals surface area contributed by atoms with Gasteiger partial charge in [-0.1, -0.05) is 26.7 Å². The van der Waals surface area contributed by atoms with E-state index in [0.29, 0.717) is 12.3 Å². The van der Waals surface area contributed by atoms with Crippen LogP contribution in [0.3, 0.4) is 0 Å². The van der Waals surface area contributed by atoms with Crippen LogP contribution < -0.4 is 0 Å². The third-order valence-electron chi connectivity index (χ3n) is 2.04. The monoisotopic (exact) mass is 172 g/mol. The lowest BCUT2D eigenvalue weighted by molar-refractivity contribution is -0.149. The fraction of sp³-hybridized carbons (Fsp3) is 0.778. The van der Waals surface area contributed by atoms with Crippen molar-refractivity contribution in [2.75, 3.05) is 0 Å². The highest BCUT2D eigenvalue weighted by Gasteiger charge is 2.10. The van der Waals surface area contributed by atoms with Crippen molar-refractivity contribution in [1.29, 1.82) is 0 Å². The van der Waals surface area contributed by atoms with Crippen LogP contribution in [0.2, 0.25) is 0 Å². The second kappa shape index (κ2) is 5.75. The molecule has 0 amide bonds. The summed E-state index contributed by atoms with van der Waals surface area (Å²) in [4.78, 5) is 20.7. The molecule has 1 N–H and O–H groups in total. The normalized spacial score (nSPS) is 12.5. The minimum atomic E-state index is -1.31. The van der Waals surface area contributed by atoms with Gasteiger partial charge in [0, 0.05) is 6.42 Å². The van der Waals surface area contributed by atoms with E-state index >= 15 is 0 Å². The lowest BCUT2D eigenvalue weighted by Gasteiger charge is -2.05. The fourth-order valence-electron chi connectivity index (χ4n) is 0.922. The first-order valence-electron chi connectivity index (χ1n) is 4.34. The first-order chi connectivity index (χ1) is 5.57. The van der Waals surface area contributed by atoms with E-state index in [1.165, 1.54) is 0 Å². The maximum Gasteiger partial charge on any atom is 0.372 e. The standard InChI is InChI=1S/C9H16O3/c1-3-7(2)5-4-6-8(10)9(11)12/h7H,3-6H2,1-2H3,(H,11,12). The molecule has 0 rings (SSSR count). The molecule has 0 saturated heterocycles. The van der Waals surface area contributed by atoms with Gasteiger partial charge in [-0.2, -0.15) is 0 Å². The Morgan fingerprint density at radius 2 is 2.00 bits per heavy atom. The number of Topliss-reactive ketones (excluding diaryl/α,β-unsaturated/α-hetero) is 1. The van der Waals surface area contributed by atoms with Crippen LogP contribution in [-0.4, -0.2) is 16.9 Å². The molecule has 3 heteroatoms. The maximum atomic E-state index is 10.6. The van der Waals surface area contributed by atoms with E-state index in [1.807, 2.05) is 0 Å². The van der Waals surface area contributed by atoms with Crippen LogP contribution in [0.4, 0.5) is 0 Å². The molecule has 0 aliphatic carbocycles. The highest BCUT2D eigenvalue weighted by Crippen LogP contribution is 2.10. The van der Waals surface area contributed by atoms with Gasteiger partial charge in [0.1, 0.15) is 0 Å². The summed E-state index contributed by atoms with van der Waals surface area (Å²) >= 11 is 0. The lowest BCUT2D eigenvalue weighted by atomic mass is 10.0. The summed E-state index contributed by atoms with van der Waals surface area (Å²) in [7, 11) is 0. The van der Waals surface area contributed by atoms with Crippen LogP contribution in [0.25, 0.3) is 0 Å². The Balaban J connectivity index is 3.44. The summed E-state index contributed by atoms with van der Waals surface area (Å²) in [6, 6.07) is 0. The van der Waals surface area contributed by atoms with Gasteiger partial charge in [0.15, 0.2) is 0 Å². The first kappa shape index (κ1) is 11.1. The van der Waals surface area contributed by atoms with Crippen molar-refractivity contribution >= 4 is 11.8 Å². The van der Waals surface area contributed by atoms with Gasteiger partial charge in [0.2, 0.25) is 5.78 Å². The van der Waals surface area contributed by atoms with Crippen molar-refractivity contribution in [1.82, 2.24) is 0 Å². The largest absolute Gasteiger partial charge is 0.476 e. The minimum Gasteiger partial charge on any atom is -0.476 e. The van der Waals surface area contributed by atoms with Crippen molar-refractivity contribution in [3.63, 3.8) is 0 Å². The summed E-state index contributed by atoms with van der Waals surface area (Å²) in [5.41, 5.74) is 0. The van der Waals surface area contributed by atoms with E-state index in [2.05, 4.69) is 13.8 Å². The maximum absolute atomic E-state index is 10.6. The number of hydrogen-bond donors (Lipinski definition) is 1. The Hall–Kier alpha value is -0.860. The molecule has 70 valence electrons. The third kappa shape index (κ3) is 4.88. The molecule has 0 fully saturated rings. The van der Waals surface area contributed by atoms with Gasteiger partial charge < -0.3 is 5.11 Å². The van der Waals surface area contributed by atoms with E-state index in [0.717, 1.165) is 12.8 Å². The average molecular weight is 172 g/mol. The quantitative estimate of drug-likeness (QED) is 0.622. The van der Waals surface area contributed by atoms with Crippen LogP contribution in [0, 0.1) is 5.92 Å². The molecule has 12 heavy (non-hydrogen) atoms. The number of rotatable bonds is 6. The van der Waals surface area contributed by atoms with Gasteiger partial charge in [-0.3, -0.25) is 4.79 Å². The van der Waals surface area contributed by atoms with Crippen LogP contribution in [0.5, 0.6) is 0 Å². The molecule has 0 aromatic heterocycles. The van der Waals surface area contributed by atoms with Crippen molar-refractivity contribution in [2.45, 2.75) is 39.5 Å². The van der Waals surface area contributed by atoms with Gasteiger partial charge in [0.25, 0.3) is 0 Å². The fourth-order valence-corrected chi connectivity index (χ4v) is 0.922. The summed E-state index contributed by atoms with van der Waals surface area (Å²) < 4.78 is 0. The first-order valence-corrected chi connectivity index (χ1v) is 4.34. The van der Waals surface area contributed by atoms with Crippen LogP contribution in [0.15, 0.2) is 0 Å². The van der Waals surface area contributed by atoms with Crippen LogP contribution in [-0.2, 0) is 9.59 Å². The number of aliphatic carboxylic acids is 1. The highest BCUT2D eigenvalue weighted by molar-refractivity contribution is 6.32.